The molecule has 28 heavy (non-hydrogen) atoms. The highest BCUT2D eigenvalue weighted by Crippen LogP contribution is 2.31. The summed E-state index contributed by atoms with van der Waals surface area (Å²) >= 11 is 6.14. The van der Waals surface area contributed by atoms with E-state index >= 15 is 0 Å². The number of benzene rings is 2. The fourth-order valence-electron chi connectivity index (χ4n) is 2.87. The van der Waals surface area contributed by atoms with Crippen LogP contribution in [0.1, 0.15) is 31.0 Å². The number of nitrogens with zero attached hydrogens (tertiary/aromatic N) is 1. The third-order valence-electron chi connectivity index (χ3n) is 4.41. The Kier molecular flexibility index (Phi) is 6.96. The number of carbonyl (C=O) groups is 1. The number of nitrogens with one attached hydrogen (secondary N) is 1. The van der Waals surface area contributed by atoms with Gasteiger partial charge >= 0.3 is 0 Å². The lowest BCUT2D eigenvalue weighted by atomic mass is 10.1. The monoisotopic (exact) mass is 424 g/mol. The summed E-state index contributed by atoms with van der Waals surface area (Å²) in [6.45, 7) is 5.37. The van der Waals surface area contributed by atoms with E-state index in [1.807, 2.05) is 38.1 Å². The number of aryl methyl sites for hydroxylation is 1. The van der Waals surface area contributed by atoms with Gasteiger partial charge in [-0.15, -0.1) is 0 Å². The van der Waals surface area contributed by atoms with Crippen molar-refractivity contribution >= 4 is 33.2 Å². The van der Waals surface area contributed by atoms with Crippen LogP contribution < -0.4 is 14.4 Å². The van der Waals surface area contributed by atoms with E-state index in [0.717, 1.165) is 21.7 Å². The zero-order valence-electron chi connectivity index (χ0n) is 16.6. The number of rotatable bonds is 7. The van der Waals surface area contributed by atoms with Crippen LogP contribution >= 0.6 is 11.6 Å². The Morgan fingerprint density at radius 1 is 1.14 bits per heavy atom. The molecule has 1 N–H and O–H groups in total. The van der Waals surface area contributed by atoms with Gasteiger partial charge in [0.25, 0.3) is 0 Å². The van der Waals surface area contributed by atoms with E-state index in [0.29, 0.717) is 11.4 Å². The highest BCUT2D eigenvalue weighted by Gasteiger charge is 2.30. The minimum atomic E-state index is -3.73. The highest BCUT2D eigenvalue weighted by atomic mass is 35.5. The lowest BCUT2D eigenvalue weighted by Gasteiger charge is -2.29. The Bertz CT molecular complexity index is 945. The van der Waals surface area contributed by atoms with E-state index in [1.54, 1.807) is 12.1 Å². The molecule has 2 rings (SSSR count). The second-order valence-electron chi connectivity index (χ2n) is 6.69. The molecule has 0 aliphatic heterocycles. The van der Waals surface area contributed by atoms with Crippen molar-refractivity contribution in [1.82, 2.24) is 5.32 Å². The molecule has 0 saturated carbocycles. The van der Waals surface area contributed by atoms with Gasteiger partial charge in [-0.05, 0) is 44.5 Å². The first-order valence-corrected chi connectivity index (χ1v) is 11.0. The second kappa shape index (κ2) is 8.84. The number of hydrogen-bond donors (Lipinski definition) is 1. The summed E-state index contributed by atoms with van der Waals surface area (Å²) in [5.74, 6) is 0.00871. The zero-order valence-corrected chi connectivity index (χ0v) is 18.1. The first-order valence-electron chi connectivity index (χ1n) is 8.74. The molecule has 2 aromatic carbocycles. The number of halogens is 1. The molecule has 0 radical (unpaired) electrons. The Labute approximate surface area is 171 Å². The van der Waals surface area contributed by atoms with Crippen molar-refractivity contribution < 1.29 is 17.9 Å². The molecule has 0 fully saturated rings. The van der Waals surface area contributed by atoms with Gasteiger partial charge < -0.3 is 10.1 Å². The van der Waals surface area contributed by atoms with Crippen molar-refractivity contribution in [3.63, 3.8) is 0 Å². The van der Waals surface area contributed by atoms with Crippen LogP contribution in [0, 0.1) is 6.92 Å². The van der Waals surface area contributed by atoms with Gasteiger partial charge in [-0.25, -0.2) is 8.42 Å². The molecule has 152 valence electrons. The van der Waals surface area contributed by atoms with Gasteiger partial charge in [0.15, 0.2) is 0 Å². The van der Waals surface area contributed by atoms with Crippen LogP contribution in [-0.4, -0.2) is 33.7 Å². The maximum absolute atomic E-state index is 12.8. The Morgan fingerprint density at radius 2 is 1.75 bits per heavy atom. The van der Waals surface area contributed by atoms with Crippen LogP contribution in [0.2, 0.25) is 5.02 Å². The van der Waals surface area contributed by atoms with E-state index in [9.17, 15) is 13.2 Å². The minimum Gasteiger partial charge on any atom is -0.495 e. The van der Waals surface area contributed by atoms with Gasteiger partial charge in [-0.3, -0.25) is 9.10 Å². The SMILES string of the molecule is COc1ccc(N([C@@H](C)C(=O)N[C@@H](C)c2ccc(C)cc2)S(C)(=O)=O)cc1Cl. The largest absolute Gasteiger partial charge is 0.495 e. The molecule has 0 heterocycles. The molecular formula is C20H25ClN2O4S. The normalized spacial score (nSPS) is 13.5. The first-order chi connectivity index (χ1) is 13.0. The minimum absolute atomic E-state index is 0.259. The van der Waals surface area contributed by atoms with Gasteiger partial charge in [-0.1, -0.05) is 41.4 Å². The summed E-state index contributed by atoms with van der Waals surface area (Å²) in [6.07, 6.45) is 1.05. The van der Waals surface area contributed by atoms with Gasteiger partial charge in [0.2, 0.25) is 15.9 Å². The van der Waals surface area contributed by atoms with Crippen molar-refractivity contribution in [2.24, 2.45) is 0 Å². The topological polar surface area (TPSA) is 75.7 Å². The quantitative estimate of drug-likeness (QED) is 0.735. The molecule has 0 bridgehead atoms. The predicted octanol–water partition coefficient (Wildman–Crippen LogP) is 3.69. The number of hydrogen-bond acceptors (Lipinski definition) is 4. The molecule has 6 nitrogen and oxygen atoms in total. The number of ether oxygens (including phenoxy) is 1. The van der Waals surface area contributed by atoms with E-state index in [2.05, 4.69) is 5.32 Å². The lowest BCUT2D eigenvalue weighted by Crippen LogP contribution is -2.48. The fourth-order valence-corrected chi connectivity index (χ4v) is 4.29. The lowest BCUT2D eigenvalue weighted by molar-refractivity contribution is -0.122. The van der Waals surface area contributed by atoms with Gasteiger partial charge in [-0.2, -0.15) is 0 Å². The van der Waals surface area contributed by atoms with Crippen molar-refractivity contribution in [3.8, 4) is 5.75 Å². The van der Waals surface area contributed by atoms with Crippen molar-refractivity contribution in [2.45, 2.75) is 32.9 Å². The number of sulfonamides is 1. The molecular weight excluding hydrogens is 400 g/mol. The van der Waals surface area contributed by atoms with Crippen molar-refractivity contribution in [2.75, 3.05) is 17.7 Å². The molecule has 2 aromatic rings. The number of anilines is 1. The van der Waals surface area contributed by atoms with Crippen LogP contribution in [0.3, 0.4) is 0 Å². The van der Waals surface area contributed by atoms with E-state index in [-0.39, 0.29) is 11.1 Å². The Hall–Kier alpha value is -2.25. The summed E-state index contributed by atoms with van der Waals surface area (Å²) in [5, 5.41) is 3.13. The number of carbonyl (C=O) groups excluding carboxylic acids is 1. The second-order valence-corrected chi connectivity index (χ2v) is 8.96. The molecule has 1 amide bonds. The maximum Gasteiger partial charge on any atom is 0.244 e. The van der Waals surface area contributed by atoms with Gasteiger partial charge in [0.05, 0.1) is 30.1 Å². The summed E-state index contributed by atoms with van der Waals surface area (Å²) in [4.78, 5) is 12.8. The van der Waals surface area contributed by atoms with Crippen LogP contribution in [0.15, 0.2) is 42.5 Å². The molecule has 0 spiro atoms. The molecule has 0 unspecified atom stereocenters. The third-order valence-corrected chi connectivity index (χ3v) is 5.95. The number of methoxy groups -OCH3 is 1. The van der Waals surface area contributed by atoms with Gasteiger partial charge in [0, 0.05) is 0 Å². The van der Waals surface area contributed by atoms with E-state index in [4.69, 9.17) is 16.3 Å². The van der Waals surface area contributed by atoms with Crippen LogP contribution in [0.4, 0.5) is 5.69 Å². The van der Waals surface area contributed by atoms with Crippen LogP contribution in [-0.2, 0) is 14.8 Å². The van der Waals surface area contributed by atoms with Gasteiger partial charge in [0.1, 0.15) is 11.8 Å². The summed E-state index contributed by atoms with van der Waals surface area (Å²) in [7, 11) is -2.26. The Morgan fingerprint density at radius 3 is 2.25 bits per heavy atom. The summed E-state index contributed by atoms with van der Waals surface area (Å²) in [5.41, 5.74) is 2.35. The smallest absolute Gasteiger partial charge is 0.244 e. The average molecular weight is 425 g/mol. The molecule has 0 aliphatic rings. The highest BCUT2D eigenvalue weighted by molar-refractivity contribution is 7.92. The van der Waals surface area contributed by atoms with Crippen molar-refractivity contribution in [1.29, 1.82) is 0 Å². The maximum atomic E-state index is 12.8. The van der Waals surface area contributed by atoms with Crippen molar-refractivity contribution in [3.05, 3.63) is 58.6 Å². The van der Waals surface area contributed by atoms with E-state index in [1.165, 1.54) is 20.1 Å². The van der Waals surface area contributed by atoms with E-state index < -0.39 is 22.0 Å². The molecule has 2 atom stereocenters. The summed E-state index contributed by atoms with van der Waals surface area (Å²) in [6, 6.07) is 11.1. The number of amides is 1. The van der Waals surface area contributed by atoms with Crippen LogP contribution in [0.5, 0.6) is 5.75 Å². The zero-order chi connectivity index (χ0) is 21.1. The summed E-state index contributed by atoms with van der Waals surface area (Å²) < 4.78 is 31.0. The molecule has 0 saturated heterocycles. The molecule has 0 aromatic heterocycles. The molecule has 8 heteroatoms. The predicted molar refractivity (Wildman–Crippen MR) is 113 cm³/mol. The molecule has 0 aliphatic carbocycles. The standard InChI is InChI=1S/C20H25ClN2O4S/c1-13-6-8-16(9-7-13)14(2)22-20(24)15(3)23(28(5,25)26)17-10-11-19(27-4)18(21)12-17/h6-12,14-15H,1-5H3,(H,22,24)/t14-,15-/m0/s1. The third kappa shape index (κ3) is 5.17. The fraction of sp³-hybridized carbons (Fsp3) is 0.350. The first kappa shape index (κ1) is 22.0. The van der Waals surface area contributed by atoms with Crippen LogP contribution in [0.25, 0.3) is 0 Å². The Balaban J connectivity index is 2.27. The average Bonchev–Trinajstić information content (AvgIpc) is 2.61.